The predicted octanol–water partition coefficient (Wildman–Crippen LogP) is 1.08. The molecule has 0 saturated carbocycles. The van der Waals surface area contributed by atoms with Gasteiger partial charge in [-0.3, -0.25) is 0 Å². The standard InChI is InChI=1S/C16H27N3O3S/c1-5-17-16(18-9-12(2)11-20)19-10-14-6-7-15(13(3)8-14)23(4,21)22/h6-8,12,20H,5,9-11H2,1-4H3,(H2,17,18,19). The predicted molar refractivity (Wildman–Crippen MR) is 93.4 cm³/mol. The van der Waals surface area contributed by atoms with Crippen molar-refractivity contribution in [3.8, 4) is 0 Å². The number of nitrogens with zero attached hydrogens (tertiary/aromatic N) is 1. The average Bonchev–Trinajstić information content (AvgIpc) is 2.48. The van der Waals surface area contributed by atoms with Gasteiger partial charge < -0.3 is 15.7 Å². The van der Waals surface area contributed by atoms with Gasteiger partial charge in [-0.15, -0.1) is 0 Å². The van der Waals surface area contributed by atoms with Crippen molar-refractivity contribution in [2.75, 3.05) is 26.0 Å². The molecule has 130 valence electrons. The largest absolute Gasteiger partial charge is 0.396 e. The maximum atomic E-state index is 11.6. The number of hydrogen-bond donors (Lipinski definition) is 3. The third-order valence-corrected chi connectivity index (χ3v) is 4.59. The van der Waals surface area contributed by atoms with Crippen molar-refractivity contribution >= 4 is 15.8 Å². The first-order chi connectivity index (χ1) is 10.8. The first-order valence-electron chi connectivity index (χ1n) is 7.70. The fourth-order valence-corrected chi connectivity index (χ4v) is 3.03. The quantitative estimate of drug-likeness (QED) is 0.510. The molecule has 0 fully saturated rings. The minimum absolute atomic E-state index is 0.124. The van der Waals surface area contributed by atoms with Crippen LogP contribution in [0.3, 0.4) is 0 Å². The van der Waals surface area contributed by atoms with Crippen LogP contribution in [0.1, 0.15) is 25.0 Å². The van der Waals surface area contributed by atoms with Crippen LogP contribution in [0.25, 0.3) is 0 Å². The van der Waals surface area contributed by atoms with E-state index in [9.17, 15) is 8.42 Å². The maximum Gasteiger partial charge on any atom is 0.191 e. The Morgan fingerprint density at radius 1 is 1.35 bits per heavy atom. The van der Waals surface area contributed by atoms with Gasteiger partial charge in [0.2, 0.25) is 0 Å². The molecule has 6 nitrogen and oxygen atoms in total. The van der Waals surface area contributed by atoms with E-state index < -0.39 is 9.84 Å². The van der Waals surface area contributed by atoms with Gasteiger partial charge in [0.25, 0.3) is 0 Å². The van der Waals surface area contributed by atoms with E-state index in [1.807, 2.05) is 19.9 Å². The maximum absolute atomic E-state index is 11.6. The highest BCUT2D eigenvalue weighted by atomic mass is 32.2. The van der Waals surface area contributed by atoms with E-state index in [4.69, 9.17) is 5.11 Å². The molecule has 0 aliphatic rings. The van der Waals surface area contributed by atoms with Gasteiger partial charge in [-0.25, -0.2) is 13.4 Å². The third kappa shape index (κ3) is 6.58. The molecule has 0 aromatic heterocycles. The Bertz CT molecular complexity index is 642. The number of aliphatic hydroxyl groups is 1. The molecule has 0 aliphatic heterocycles. The van der Waals surface area contributed by atoms with Crippen molar-refractivity contribution in [2.24, 2.45) is 10.9 Å². The average molecular weight is 341 g/mol. The Hall–Kier alpha value is -1.60. The molecule has 7 heteroatoms. The molecule has 23 heavy (non-hydrogen) atoms. The number of aliphatic hydroxyl groups excluding tert-OH is 1. The number of aryl methyl sites for hydroxylation is 1. The second kappa shape index (κ2) is 8.88. The lowest BCUT2D eigenvalue weighted by molar-refractivity contribution is 0.238. The molecular weight excluding hydrogens is 314 g/mol. The van der Waals surface area contributed by atoms with E-state index in [0.29, 0.717) is 23.9 Å². The first-order valence-corrected chi connectivity index (χ1v) is 9.59. The molecule has 3 N–H and O–H groups in total. The molecule has 0 heterocycles. The summed E-state index contributed by atoms with van der Waals surface area (Å²) in [6.45, 7) is 7.67. The summed E-state index contributed by atoms with van der Waals surface area (Å²) < 4.78 is 23.3. The van der Waals surface area contributed by atoms with Gasteiger partial charge in [0.05, 0.1) is 11.4 Å². The molecule has 1 atom stereocenters. The van der Waals surface area contributed by atoms with Crippen LogP contribution >= 0.6 is 0 Å². The van der Waals surface area contributed by atoms with Crippen LogP contribution in [-0.4, -0.2) is 45.4 Å². The van der Waals surface area contributed by atoms with Crippen molar-refractivity contribution in [2.45, 2.75) is 32.2 Å². The summed E-state index contributed by atoms with van der Waals surface area (Å²) in [7, 11) is -3.20. The van der Waals surface area contributed by atoms with Gasteiger partial charge in [-0.2, -0.15) is 0 Å². The smallest absolute Gasteiger partial charge is 0.191 e. The van der Waals surface area contributed by atoms with Crippen LogP contribution in [0.4, 0.5) is 0 Å². The lowest BCUT2D eigenvalue weighted by atomic mass is 10.1. The molecule has 1 unspecified atom stereocenters. The minimum Gasteiger partial charge on any atom is -0.396 e. The molecule has 0 bridgehead atoms. The lowest BCUT2D eigenvalue weighted by Crippen LogP contribution is -2.39. The second-order valence-electron chi connectivity index (χ2n) is 5.74. The van der Waals surface area contributed by atoms with Gasteiger partial charge in [-0.1, -0.05) is 19.1 Å². The summed E-state index contributed by atoms with van der Waals surface area (Å²) in [5, 5.41) is 15.4. The summed E-state index contributed by atoms with van der Waals surface area (Å²) in [5.74, 6) is 0.827. The van der Waals surface area contributed by atoms with Crippen LogP contribution in [0.15, 0.2) is 28.1 Å². The van der Waals surface area contributed by atoms with Gasteiger partial charge in [0, 0.05) is 26.0 Å². The molecule has 0 amide bonds. The van der Waals surface area contributed by atoms with E-state index in [1.54, 1.807) is 19.1 Å². The van der Waals surface area contributed by atoms with Gasteiger partial charge in [-0.05, 0) is 37.0 Å². The molecule has 0 radical (unpaired) electrons. The number of rotatable bonds is 7. The SMILES string of the molecule is CCNC(=NCc1ccc(S(C)(=O)=O)c(C)c1)NCC(C)CO. The fourth-order valence-electron chi connectivity index (χ4n) is 2.07. The topological polar surface area (TPSA) is 90.8 Å². The van der Waals surface area contributed by atoms with Crippen LogP contribution in [-0.2, 0) is 16.4 Å². The Kier molecular flexibility index (Phi) is 7.51. The van der Waals surface area contributed by atoms with Crippen LogP contribution in [0, 0.1) is 12.8 Å². The molecular formula is C16H27N3O3S. The number of guanidine groups is 1. The van der Waals surface area contributed by atoms with Crippen LogP contribution in [0.5, 0.6) is 0 Å². The first kappa shape index (κ1) is 19.4. The van der Waals surface area contributed by atoms with Crippen molar-refractivity contribution < 1.29 is 13.5 Å². The van der Waals surface area contributed by atoms with Crippen LogP contribution in [0.2, 0.25) is 0 Å². The molecule has 1 rings (SSSR count). The van der Waals surface area contributed by atoms with E-state index >= 15 is 0 Å². The van der Waals surface area contributed by atoms with Gasteiger partial charge >= 0.3 is 0 Å². The molecule has 1 aromatic carbocycles. The molecule has 1 aromatic rings. The van der Waals surface area contributed by atoms with Crippen molar-refractivity contribution in [1.29, 1.82) is 0 Å². The number of nitrogens with one attached hydrogen (secondary N) is 2. The third-order valence-electron chi connectivity index (χ3n) is 3.33. The lowest BCUT2D eigenvalue weighted by Gasteiger charge is -2.14. The summed E-state index contributed by atoms with van der Waals surface area (Å²) in [6, 6.07) is 5.26. The van der Waals surface area contributed by atoms with Crippen LogP contribution < -0.4 is 10.6 Å². The highest BCUT2D eigenvalue weighted by Gasteiger charge is 2.10. The Morgan fingerprint density at radius 3 is 2.57 bits per heavy atom. The van der Waals surface area contributed by atoms with E-state index in [0.717, 1.165) is 17.7 Å². The van der Waals surface area contributed by atoms with Gasteiger partial charge in [0.1, 0.15) is 0 Å². The second-order valence-corrected chi connectivity index (χ2v) is 7.72. The summed E-state index contributed by atoms with van der Waals surface area (Å²) >= 11 is 0. The van der Waals surface area contributed by atoms with E-state index in [-0.39, 0.29) is 12.5 Å². The van der Waals surface area contributed by atoms with Crippen molar-refractivity contribution in [3.63, 3.8) is 0 Å². The summed E-state index contributed by atoms with van der Waals surface area (Å²) in [4.78, 5) is 4.84. The molecule has 0 aliphatic carbocycles. The van der Waals surface area contributed by atoms with Crippen molar-refractivity contribution in [3.05, 3.63) is 29.3 Å². The van der Waals surface area contributed by atoms with Crippen molar-refractivity contribution in [1.82, 2.24) is 10.6 Å². The number of sulfone groups is 1. The summed E-state index contributed by atoms with van der Waals surface area (Å²) in [5.41, 5.74) is 1.68. The van der Waals surface area contributed by atoms with E-state index in [2.05, 4.69) is 15.6 Å². The summed E-state index contributed by atoms with van der Waals surface area (Å²) in [6.07, 6.45) is 1.21. The number of aliphatic imine (C=N–C) groups is 1. The Balaban J connectivity index is 2.81. The van der Waals surface area contributed by atoms with Gasteiger partial charge in [0.15, 0.2) is 15.8 Å². The fraction of sp³-hybridized carbons (Fsp3) is 0.562. The Labute approximate surface area is 138 Å². The Morgan fingerprint density at radius 2 is 2.04 bits per heavy atom. The zero-order valence-corrected chi connectivity index (χ0v) is 15.1. The highest BCUT2D eigenvalue weighted by Crippen LogP contribution is 2.17. The molecule has 0 saturated heterocycles. The zero-order valence-electron chi connectivity index (χ0n) is 14.3. The number of benzene rings is 1. The molecule has 0 spiro atoms. The normalized spacial score (nSPS) is 13.7. The number of hydrogen-bond acceptors (Lipinski definition) is 4. The van der Waals surface area contributed by atoms with E-state index in [1.165, 1.54) is 6.26 Å². The zero-order chi connectivity index (χ0) is 17.5. The highest BCUT2D eigenvalue weighted by molar-refractivity contribution is 7.90. The minimum atomic E-state index is -3.20. The monoisotopic (exact) mass is 341 g/mol.